The number of nitrogens with one attached hydrogen (secondary N) is 1. The lowest BCUT2D eigenvalue weighted by molar-refractivity contribution is 0.601. The van der Waals surface area contributed by atoms with Gasteiger partial charge in [-0.15, -0.1) is 0 Å². The van der Waals surface area contributed by atoms with Crippen molar-refractivity contribution in [3.63, 3.8) is 0 Å². The first-order valence-corrected chi connectivity index (χ1v) is 8.53. The molecule has 0 saturated carbocycles. The molecule has 2 aromatic carbocycles. The Bertz CT molecular complexity index is 953. The molecule has 7 heteroatoms. The Morgan fingerprint density at radius 3 is 2.59 bits per heavy atom. The molecule has 0 bridgehead atoms. The van der Waals surface area contributed by atoms with Crippen LogP contribution >= 0.6 is 23.2 Å². The van der Waals surface area contributed by atoms with Gasteiger partial charge in [0.15, 0.2) is 0 Å². The highest BCUT2D eigenvalue weighted by Crippen LogP contribution is 2.29. The molecule has 3 rings (SSSR count). The van der Waals surface area contributed by atoms with E-state index in [0.717, 1.165) is 0 Å². The first kappa shape index (κ1) is 15.1. The minimum absolute atomic E-state index is 0.0283. The number of pyridine rings is 1. The van der Waals surface area contributed by atoms with Gasteiger partial charge in [0.05, 0.1) is 16.2 Å². The Balaban J connectivity index is 2.07. The molecule has 0 aliphatic heterocycles. The summed E-state index contributed by atoms with van der Waals surface area (Å²) in [6, 6.07) is 13.0. The number of anilines is 1. The second-order valence-electron chi connectivity index (χ2n) is 4.56. The number of sulfonamides is 1. The summed E-state index contributed by atoms with van der Waals surface area (Å²) in [5, 5.41) is 1.15. The lowest BCUT2D eigenvalue weighted by Gasteiger charge is -2.11. The number of hydrogen-bond donors (Lipinski definition) is 1. The lowest BCUT2D eigenvalue weighted by Crippen LogP contribution is -2.13. The summed E-state index contributed by atoms with van der Waals surface area (Å²) < 4.78 is 27.6. The van der Waals surface area contributed by atoms with Gasteiger partial charge in [0.25, 0.3) is 10.0 Å². The standard InChI is InChI=1S/C15H10Cl2N2O2S/c16-10-6-7-15(12(17)9-10)22(20,21)19-14-5-1-4-13-11(14)3-2-8-18-13/h1-9,19H. The molecule has 112 valence electrons. The molecule has 1 N–H and O–H groups in total. The maximum Gasteiger partial charge on any atom is 0.263 e. The predicted molar refractivity (Wildman–Crippen MR) is 89.0 cm³/mol. The van der Waals surface area contributed by atoms with E-state index in [1.165, 1.54) is 18.2 Å². The maximum absolute atomic E-state index is 12.5. The van der Waals surface area contributed by atoms with Crippen LogP contribution in [0.1, 0.15) is 0 Å². The van der Waals surface area contributed by atoms with Crippen LogP contribution in [0.15, 0.2) is 59.6 Å². The van der Waals surface area contributed by atoms with E-state index in [0.29, 0.717) is 21.6 Å². The molecule has 4 nitrogen and oxygen atoms in total. The summed E-state index contributed by atoms with van der Waals surface area (Å²) in [5.41, 5.74) is 1.14. The highest BCUT2D eigenvalue weighted by molar-refractivity contribution is 7.92. The number of hydrogen-bond acceptors (Lipinski definition) is 3. The summed E-state index contributed by atoms with van der Waals surface area (Å²) >= 11 is 11.8. The van der Waals surface area contributed by atoms with Crippen LogP contribution in [-0.2, 0) is 10.0 Å². The fourth-order valence-electron chi connectivity index (χ4n) is 2.09. The van der Waals surface area contributed by atoms with Crippen molar-refractivity contribution in [1.29, 1.82) is 0 Å². The molecule has 0 amide bonds. The molecular weight excluding hydrogens is 343 g/mol. The topological polar surface area (TPSA) is 59.1 Å². The van der Waals surface area contributed by atoms with Crippen LogP contribution in [0, 0.1) is 0 Å². The number of halogens is 2. The zero-order valence-corrected chi connectivity index (χ0v) is 13.5. The van der Waals surface area contributed by atoms with Crippen LogP contribution in [0.2, 0.25) is 10.0 Å². The summed E-state index contributed by atoms with van der Waals surface area (Å²) in [5.74, 6) is 0. The zero-order valence-electron chi connectivity index (χ0n) is 11.1. The highest BCUT2D eigenvalue weighted by atomic mass is 35.5. The minimum Gasteiger partial charge on any atom is -0.279 e. The molecule has 0 atom stereocenters. The monoisotopic (exact) mass is 352 g/mol. The van der Waals surface area contributed by atoms with E-state index in [2.05, 4.69) is 9.71 Å². The van der Waals surface area contributed by atoms with Gasteiger partial charge in [-0.25, -0.2) is 8.42 Å². The molecule has 0 spiro atoms. The molecule has 1 heterocycles. The van der Waals surface area contributed by atoms with E-state index in [-0.39, 0.29) is 9.92 Å². The van der Waals surface area contributed by atoms with E-state index < -0.39 is 10.0 Å². The number of fused-ring (bicyclic) bond motifs is 1. The fourth-order valence-corrected chi connectivity index (χ4v) is 3.94. The summed E-state index contributed by atoms with van der Waals surface area (Å²) in [6.07, 6.45) is 1.65. The summed E-state index contributed by atoms with van der Waals surface area (Å²) in [7, 11) is -3.82. The maximum atomic E-state index is 12.5. The number of aromatic nitrogens is 1. The summed E-state index contributed by atoms with van der Waals surface area (Å²) in [4.78, 5) is 4.17. The van der Waals surface area contributed by atoms with Gasteiger partial charge in [0, 0.05) is 16.6 Å². The SMILES string of the molecule is O=S(=O)(Nc1cccc2ncccc12)c1ccc(Cl)cc1Cl. The van der Waals surface area contributed by atoms with Gasteiger partial charge in [-0.1, -0.05) is 29.3 Å². The van der Waals surface area contributed by atoms with Crippen LogP contribution < -0.4 is 4.72 Å². The van der Waals surface area contributed by atoms with Gasteiger partial charge in [-0.2, -0.15) is 0 Å². The van der Waals surface area contributed by atoms with Gasteiger partial charge in [0.1, 0.15) is 4.90 Å². The Hall–Kier alpha value is -1.82. The van der Waals surface area contributed by atoms with E-state index >= 15 is 0 Å². The molecule has 3 aromatic rings. The smallest absolute Gasteiger partial charge is 0.263 e. The van der Waals surface area contributed by atoms with Crippen LogP contribution in [0.5, 0.6) is 0 Å². The van der Waals surface area contributed by atoms with Crippen LogP contribution in [0.3, 0.4) is 0 Å². The largest absolute Gasteiger partial charge is 0.279 e. The third-order valence-corrected chi connectivity index (χ3v) is 5.16. The average Bonchev–Trinajstić information content (AvgIpc) is 2.47. The Labute approximate surface area is 137 Å². The third-order valence-electron chi connectivity index (χ3n) is 3.07. The van der Waals surface area contributed by atoms with Crippen LogP contribution in [0.25, 0.3) is 10.9 Å². The van der Waals surface area contributed by atoms with Crippen LogP contribution in [0.4, 0.5) is 5.69 Å². The first-order chi connectivity index (χ1) is 10.5. The van der Waals surface area contributed by atoms with Gasteiger partial charge >= 0.3 is 0 Å². The van der Waals surface area contributed by atoms with Crippen molar-refractivity contribution in [3.05, 3.63) is 64.8 Å². The first-order valence-electron chi connectivity index (χ1n) is 6.29. The predicted octanol–water partition coefficient (Wildman–Crippen LogP) is 4.34. The second-order valence-corrected chi connectivity index (χ2v) is 7.05. The molecule has 22 heavy (non-hydrogen) atoms. The normalized spacial score (nSPS) is 11.5. The van der Waals surface area contributed by atoms with Gasteiger partial charge < -0.3 is 0 Å². The number of rotatable bonds is 3. The third kappa shape index (κ3) is 2.88. The molecule has 0 unspecified atom stereocenters. The van der Waals surface area contributed by atoms with E-state index in [9.17, 15) is 8.42 Å². The quantitative estimate of drug-likeness (QED) is 0.762. The van der Waals surface area contributed by atoms with E-state index in [1.54, 1.807) is 30.5 Å². The van der Waals surface area contributed by atoms with Crippen molar-refractivity contribution in [2.45, 2.75) is 4.90 Å². The average molecular weight is 353 g/mol. The molecule has 0 fully saturated rings. The van der Waals surface area contributed by atoms with Crippen molar-refractivity contribution in [2.75, 3.05) is 4.72 Å². The van der Waals surface area contributed by atoms with E-state index in [4.69, 9.17) is 23.2 Å². The van der Waals surface area contributed by atoms with Gasteiger partial charge in [-0.3, -0.25) is 9.71 Å². The van der Waals surface area contributed by atoms with Gasteiger partial charge in [0.2, 0.25) is 0 Å². The number of nitrogens with zero attached hydrogens (tertiary/aromatic N) is 1. The highest BCUT2D eigenvalue weighted by Gasteiger charge is 2.19. The molecule has 0 saturated heterocycles. The van der Waals surface area contributed by atoms with Crippen molar-refractivity contribution in [3.8, 4) is 0 Å². The lowest BCUT2D eigenvalue weighted by atomic mass is 10.2. The van der Waals surface area contributed by atoms with Crippen LogP contribution in [-0.4, -0.2) is 13.4 Å². The Morgan fingerprint density at radius 2 is 1.82 bits per heavy atom. The number of benzene rings is 2. The van der Waals surface area contributed by atoms with Gasteiger partial charge in [-0.05, 0) is 42.5 Å². The molecule has 0 aliphatic rings. The van der Waals surface area contributed by atoms with Crippen molar-refractivity contribution in [1.82, 2.24) is 4.98 Å². The second kappa shape index (κ2) is 5.76. The van der Waals surface area contributed by atoms with Crippen molar-refractivity contribution < 1.29 is 8.42 Å². The van der Waals surface area contributed by atoms with Crippen molar-refractivity contribution in [2.24, 2.45) is 0 Å². The molecule has 1 aromatic heterocycles. The fraction of sp³-hybridized carbons (Fsp3) is 0. The minimum atomic E-state index is -3.82. The van der Waals surface area contributed by atoms with Crippen molar-refractivity contribution >= 4 is 49.8 Å². The summed E-state index contributed by atoms with van der Waals surface area (Å²) in [6.45, 7) is 0. The zero-order chi connectivity index (χ0) is 15.7. The molecular formula is C15H10Cl2N2O2S. The molecule has 0 radical (unpaired) electrons. The Morgan fingerprint density at radius 1 is 1.00 bits per heavy atom. The Kier molecular flexibility index (Phi) is 3.95. The molecule has 0 aliphatic carbocycles. The van der Waals surface area contributed by atoms with E-state index in [1.807, 2.05) is 6.07 Å².